The minimum Gasteiger partial charge on any atom is -0.310 e. The second-order valence-electron chi connectivity index (χ2n) is 4.16. The van der Waals surface area contributed by atoms with E-state index in [2.05, 4.69) is 5.32 Å². The zero-order chi connectivity index (χ0) is 11.7. The molecule has 0 bridgehead atoms. The number of halogens is 3. The highest BCUT2D eigenvalue weighted by molar-refractivity contribution is 5.25. The summed E-state index contributed by atoms with van der Waals surface area (Å²) in [5.74, 6) is -2.44. The smallest absolute Gasteiger partial charge is 0.161 e. The maximum atomic E-state index is 13.5. The van der Waals surface area contributed by atoms with Crippen molar-refractivity contribution in [1.29, 1.82) is 0 Å². The van der Waals surface area contributed by atoms with Crippen LogP contribution in [0.4, 0.5) is 13.2 Å². The molecule has 1 atom stereocenters. The summed E-state index contributed by atoms with van der Waals surface area (Å²) in [6, 6.07) is 1.40. The van der Waals surface area contributed by atoms with Gasteiger partial charge in [-0.15, -0.1) is 0 Å². The maximum Gasteiger partial charge on any atom is 0.161 e. The standard InChI is InChI=1S/C12H14F3N/c1-2-16-12(7-3-4-7)8-5-10(14)11(15)6-9(8)13/h5-7,12,16H,2-4H2,1H3. The van der Waals surface area contributed by atoms with Crippen LogP contribution in [0, 0.1) is 23.4 Å². The molecule has 1 fully saturated rings. The monoisotopic (exact) mass is 229 g/mol. The van der Waals surface area contributed by atoms with Gasteiger partial charge in [-0.3, -0.25) is 0 Å². The second kappa shape index (κ2) is 4.45. The van der Waals surface area contributed by atoms with Crippen molar-refractivity contribution in [2.24, 2.45) is 5.92 Å². The topological polar surface area (TPSA) is 12.0 Å². The highest BCUT2D eigenvalue weighted by atomic mass is 19.2. The summed E-state index contributed by atoms with van der Waals surface area (Å²) in [7, 11) is 0. The van der Waals surface area contributed by atoms with E-state index in [1.165, 1.54) is 0 Å². The Balaban J connectivity index is 2.32. The minimum atomic E-state index is -1.13. The Morgan fingerprint density at radius 1 is 1.19 bits per heavy atom. The molecule has 1 nitrogen and oxygen atoms in total. The van der Waals surface area contributed by atoms with Gasteiger partial charge < -0.3 is 5.32 Å². The Bertz CT molecular complexity index is 388. The molecule has 1 aromatic carbocycles. The second-order valence-corrected chi connectivity index (χ2v) is 4.16. The lowest BCUT2D eigenvalue weighted by molar-refractivity contribution is 0.446. The summed E-state index contributed by atoms with van der Waals surface area (Å²) in [6.07, 6.45) is 2.02. The summed E-state index contributed by atoms with van der Waals surface area (Å²) < 4.78 is 39.4. The number of nitrogens with one attached hydrogen (secondary N) is 1. The fourth-order valence-corrected chi connectivity index (χ4v) is 1.96. The third kappa shape index (κ3) is 2.21. The normalized spacial score (nSPS) is 17.5. The zero-order valence-corrected chi connectivity index (χ0v) is 9.06. The summed E-state index contributed by atoms with van der Waals surface area (Å²) in [5, 5.41) is 3.12. The molecule has 0 radical (unpaired) electrons. The first kappa shape index (κ1) is 11.5. The molecule has 0 aromatic heterocycles. The van der Waals surface area contributed by atoms with Gasteiger partial charge in [0.2, 0.25) is 0 Å². The van der Waals surface area contributed by atoms with Crippen LogP contribution in [0.5, 0.6) is 0 Å². The van der Waals surface area contributed by atoms with Crippen LogP contribution in [0.3, 0.4) is 0 Å². The number of hydrogen-bond donors (Lipinski definition) is 1. The average Bonchev–Trinajstić information content (AvgIpc) is 3.04. The van der Waals surface area contributed by atoms with Gasteiger partial charge in [0.05, 0.1) is 0 Å². The fourth-order valence-electron chi connectivity index (χ4n) is 1.96. The van der Waals surface area contributed by atoms with E-state index in [4.69, 9.17) is 0 Å². The number of rotatable bonds is 4. The maximum absolute atomic E-state index is 13.5. The van der Waals surface area contributed by atoms with Crippen molar-refractivity contribution in [2.75, 3.05) is 6.54 Å². The van der Waals surface area contributed by atoms with Gasteiger partial charge in [-0.1, -0.05) is 6.92 Å². The zero-order valence-electron chi connectivity index (χ0n) is 9.06. The van der Waals surface area contributed by atoms with Gasteiger partial charge in [-0.25, -0.2) is 13.2 Å². The highest BCUT2D eigenvalue weighted by Gasteiger charge is 2.33. The molecule has 0 amide bonds. The minimum absolute atomic E-state index is 0.194. The molecule has 1 N–H and O–H groups in total. The Morgan fingerprint density at radius 3 is 2.38 bits per heavy atom. The lowest BCUT2D eigenvalue weighted by Crippen LogP contribution is -2.24. The van der Waals surface area contributed by atoms with Crippen molar-refractivity contribution in [3.63, 3.8) is 0 Å². The molecule has 0 saturated heterocycles. The van der Waals surface area contributed by atoms with E-state index in [1.54, 1.807) is 0 Å². The molecule has 4 heteroatoms. The number of hydrogen-bond acceptors (Lipinski definition) is 1. The molecule has 1 aliphatic rings. The molecule has 16 heavy (non-hydrogen) atoms. The molecule has 1 unspecified atom stereocenters. The van der Waals surface area contributed by atoms with Crippen molar-refractivity contribution >= 4 is 0 Å². The van der Waals surface area contributed by atoms with Crippen molar-refractivity contribution in [3.05, 3.63) is 35.1 Å². The Morgan fingerprint density at radius 2 is 1.81 bits per heavy atom. The number of benzene rings is 1. The Hall–Kier alpha value is -1.03. The highest BCUT2D eigenvalue weighted by Crippen LogP contribution is 2.41. The predicted molar refractivity (Wildman–Crippen MR) is 55.5 cm³/mol. The first-order chi connectivity index (χ1) is 7.63. The molecule has 88 valence electrons. The van der Waals surface area contributed by atoms with Crippen LogP contribution in [0.15, 0.2) is 12.1 Å². The predicted octanol–water partition coefficient (Wildman–Crippen LogP) is 3.16. The Labute approximate surface area is 92.7 Å². The molecule has 0 spiro atoms. The largest absolute Gasteiger partial charge is 0.310 e. The van der Waals surface area contributed by atoms with Crippen molar-refractivity contribution in [2.45, 2.75) is 25.8 Å². The van der Waals surface area contributed by atoms with E-state index in [9.17, 15) is 13.2 Å². The lowest BCUT2D eigenvalue weighted by Gasteiger charge is -2.18. The molecule has 0 aliphatic heterocycles. The summed E-state index contributed by atoms with van der Waals surface area (Å²) >= 11 is 0. The van der Waals surface area contributed by atoms with Crippen LogP contribution in [0.1, 0.15) is 31.4 Å². The summed E-state index contributed by atoms with van der Waals surface area (Å²) in [4.78, 5) is 0. The van der Waals surface area contributed by atoms with Gasteiger partial charge in [-0.05, 0) is 31.4 Å². The van der Waals surface area contributed by atoms with Crippen molar-refractivity contribution in [1.82, 2.24) is 5.32 Å². The van der Waals surface area contributed by atoms with Gasteiger partial charge in [0.15, 0.2) is 11.6 Å². The van der Waals surface area contributed by atoms with Crippen molar-refractivity contribution < 1.29 is 13.2 Å². The van der Waals surface area contributed by atoms with Crippen LogP contribution in [-0.4, -0.2) is 6.54 Å². The summed E-state index contributed by atoms with van der Waals surface area (Å²) in [6.45, 7) is 2.59. The van der Waals surface area contributed by atoms with Crippen LogP contribution in [0.25, 0.3) is 0 Å². The molecular formula is C12H14F3N. The molecule has 0 heterocycles. The van der Waals surface area contributed by atoms with Gasteiger partial charge >= 0.3 is 0 Å². The van der Waals surface area contributed by atoms with E-state index in [-0.39, 0.29) is 11.6 Å². The van der Waals surface area contributed by atoms with Gasteiger partial charge in [0.25, 0.3) is 0 Å². The van der Waals surface area contributed by atoms with Crippen LogP contribution < -0.4 is 5.32 Å². The molecular weight excluding hydrogens is 215 g/mol. The average molecular weight is 229 g/mol. The summed E-state index contributed by atoms with van der Waals surface area (Å²) in [5.41, 5.74) is 0.239. The van der Waals surface area contributed by atoms with E-state index < -0.39 is 17.5 Å². The van der Waals surface area contributed by atoms with Gasteiger partial charge in [-0.2, -0.15) is 0 Å². The SMILES string of the molecule is CCNC(c1cc(F)c(F)cc1F)C1CC1. The molecule has 1 aromatic rings. The van der Waals surface area contributed by atoms with Gasteiger partial charge in [0.1, 0.15) is 5.82 Å². The molecule has 1 aliphatic carbocycles. The molecule has 2 rings (SSSR count). The lowest BCUT2D eigenvalue weighted by atomic mass is 10.0. The van der Waals surface area contributed by atoms with Gasteiger partial charge in [0, 0.05) is 17.7 Å². The van der Waals surface area contributed by atoms with Crippen LogP contribution >= 0.6 is 0 Å². The first-order valence-corrected chi connectivity index (χ1v) is 5.51. The fraction of sp³-hybridized carbons (Fsp3) is 0.500. The van der Waals surface area contributed by atoms with E-state index in [0.29, 0.717) is 18.5 Å². The Kier molecular flexibility index (Phi) is 3.19. The quantitative estimate of drug-likeness (QED) is 0.782. The van der Waals surface area contributed by atoms with E-state index in [1.807, 2.05) is 6.92 Å². The third-order valence-corrected chi connectivity index (χ3v) is 2.89. The van der Waals surface area contributed by atoms with E-state index in [0.717, 1.165) is 18.9 Å². The van der Waals surface area contributed by atoms with Crippen LogP contribution in [0.2, 0.25) is 0 Å². The van der Waals surface area contributed by atoms with Crippen LogP contribution in [-0.2, 0) is 0 Å². The van der Waals surface area contributed by atoms with Crippen molar-refractivity contribution in [3.8, 4) is 0 Å². The molecule has 1 saturated carbocycles. The van der Waals surface area contributed by atoms with E-state index >= 15 is 0 Å². The third-order valence-electron chi connectivity index (χ3n) is 2.89. The first-order valence-electron chi connectivity index (χ1n) is 5.51.